The van der Waals surface area contributed by atoms with Crippen LogP contribution in [-0.4, -0.2) is 21.0 Å². The number of para-hydroxylation sites is 2. The molecule has 1 aromatic heterocycles. The van der Waals surface area contributed by atoms with E-state index in [2.05, 4.69) is 9.97 Å². The molecule has 0 saturated carbocycles. The minimum atomic E-state index is -3.79. The maximum absolute atomic E-state index is 14.6. The van der Waals surface area contributed by atoms with Crippen molar-refractivity contribution in [3.63, 3.8) is 0 Å². The fraction of sp³-hybridized carbons (Fsp3) is 0.211. The summed E-state index contributed by atoms with van der Waals surface area (Å²) in [5.41, 5.74) is -0.170. The Kier molecular flexibility index (Phi) is 3.81. The molecule has 0 bridgehead atoms. The molecule has 0 aliphatic carbocycles. The molecule has 27 heavy (non-hydrogen) atoms. The molecule has 1 aliphatic rings. The Labute approximate surface area is 152 Å². The van der Waals surface area contributed by atoms with Crippen LogP contribution in [0.2, 0.25) is 0 Å². The summed E-state index contributed by atoms with van der Waals surface area (Å²) in [6.07, 6.45) is -1.17. The van der Waals surface area contributed by atoms with E-state index in [1.807, 2.05) is 0 Å². The number of nitrogens with one attached hydrogen (secondary N) is 1. The predicted molar refractivity (Wildman–Crippen MR) is 94.5 cm³/mol. The Balaban J connectivity index is 1.83. The van der Waals surface area contributed by atoms with Gasteiger partial charge in [0, 0.05) is 0 Å². The number of carbonyl (C=O) groups is 1. The number of alkyl halides is 2. The first-order valence-corrected chi connectivity index (χ1v) is 8.30. The smallest absolute Gasteiger partial charge is 0.352 e. The maximum Gasteiger partial charge on any atom is 0.352 e. The predicted octanol–water partition coefficient (Wildman–Crippen LogP) is 2.62. The largest absolute Gasteiger partial charge is 0.389 e. The van der Waals surface area contributed by atoms with E-state index in [1.54, 1.807) is 24.3 Å². The summed E-state index contributed by atoms with van der Waals surface area (Å²) in [5.74, 6) is -5.23. The first-order chi connectivity index (χ1) is 12.8. The standard InChI is InChI=1S/C19H15F2N3O3/c1-10(25)11-5-4-8-15-16(11)19(20,21)18(27)24(15)9-14-17(26)23-13-7-3-2-6-12(13)22-14/h2-8,10,25H,9H2,1H3,(H,23,26)/t10-/m0/s1. The van der Waals surface area contributed by atoms with Crippen LogP contribution in [0, 0.1) is 0 Å². The molecule has 0 radical (unpaired) electrons. The number of nitrogens with zero attached hydrogens (tertiary/aromatic N) is 2. The Morgan fingerprint density at radius 3 is 2.67 bits per heavy atom. The summed E-state index contributed by atoms with van der Waals surface area (Å²) < 4.78 is 29.3. The first kappa shape index (κ1) is 17.3. The highest BCUT2D eigenvalue weighted by Crippen LogP contribution is 2.47. The molecular weight excluding hydrogens is 356 g/mol. The van der Waals surface area contributed by atoms with Gasteiger partial charge >= 0.3 is 11.8 Å². The van der Waals surface area contributed by atoms with E-state index in [0.717, 1.165) is 4.90 Å². The van der Waals surface area contributed by atoms with Gasteiger partial charge < -0.3 is 15.0 Å². The number of aromatic amines is 1. The van der Waals surface area contributed by atoms with Gasteiger partial charge in [-0.1, -0.05) is 24.3 Å². The van der Waals surface area contributed by atoms with E-state index < -0.39 is 35.6 Å². The molecule has 3 aromatic rings. The second-order valence-corrected chi connectivity index (χ2v) is 6.41. The van der Waals surface area contributed by atoms with Crippen molar-refractivity contribution in [3.8, 4) is 0 Å². The molecule has 2 aromatic carbocycles. The summed E-state index contributed by atoms with van der Waals surface area (Å²) in [5, 5.41) is 9.81. The highest BCUT2D eigenvalue weighted by molar-refractivity contribution is 6.06. The topological polar surface area (TPSA) is 86.3 Å². The van der Waals surface area contributed by atoms with Crippen LogP contribution in [0.3, 0.4) is 0 Å². The summed E-state index contributed by atoms with van der Waals surface area (Å²) in [7, 11) is 0. The van der Waals surface area contributed by atoms with Gasteiger partial charge in [-0.05, 0) is 30.7 Å². The van der Waals surface area contributed by atoms with Crippen LogP contribution in [0.1, 0.15) is 29.8 Å². The average molecular weight is 371 g/mol. The molecule has 0 unspecified atom stereocenters. The lowest BCUT2D eigenvalue weighted by molar-refractivity contribution is -0.141. The van der Waals surface area contributed by atoms with Crippen LogP contribution < -0.4 is 10.5 Å². The van der Waals surface area contributed by atoms with Gasteiger partial charge in [0.15, 0.2) is 0 Å². The lowest BCUT2D eigenvalue weighted by atomic mass is 9.99. The molecule has 2 N–H and O–H groups in total. The van der Waals surface area contributed by atoms with Gasteiger partial charge in [0.05, 0.1) is 34.9 Å². The molecule has 0 fully saturated rings. The van der Waals surface area contributed by atoms with Gasteiger partial charge in [-0.25, -0.2) is 4.98 Å². The second-order valence-electron chi connectivity index (χ2n) is 6.41. The number of fused-ring (bicyclic) bond motifs is 2. The average Bonchev–Trinajstić information content (AvgIpc) is 2.83. The number of aliphatic hydroxyl groups is 1. The van der Waals surface area contributed by atoms with Crippen LogP contribution >= 0.6 is 0 Å². The van der Waals surface area contributed by atoms with Gasteiger partial charge in [-0.3, -0.25) is 9.59 Å². The van der Waals surface area contributed by atoms with Gasteiger partial charge in [0.1, 0.15) is 5.69 Å². The molecule has 1 atom stereocenters. The molecule has 4 rings (SSSR count). The molecule has 6 nitrogen and oxygen atoms in total. The van der Waals surface area contributed by atoms with Crippen molar-refractivity contribution in [3.05, 3.63) is 69.6 Å². The Hall–Kier alpha value is -3.13. The van der Waals surface area contributed by atoms with Crippen molar-refractivity contribution in [2.24, 2.45) is 0 Å². The number of benzene rings is 2. The lowest BCUT2D eigenvalue weighted by Crippen LogP contribution is -2.36. The molecule has 1 aliphatic heterocycles. The van der Waals surface area contributed by atoms with Gasteiger partial charge in [-0.2, -0.15) is 8.78 Å². The maximum atomic E-state index is 14.6. The number of carbonyl (C=O) groups excluding carboxylic acids is 1. The third-order valence-corrected chi connectivity index (χ3v) is 4.62. The highest BCUT2D eigenvalue weighted by Gasteiger charge is 2.54. The summed E-state index contributed by atoms with van der Waals surface area (Å²) in [6.45, 7) is 0.958. The number of hydrogen-bond donors (Lipinski definition) is 2. The molecule has 0 spiro atoms. The van der Waals surface area contributed by atoms with Crippen LogP contribution in [0.25, 0.3) is 11.0 Å². The zero-order valence-electron chi connectivity index (χ0n) is 14.2. The van der Waals surface area contributed by atoms with Gasteiger partial charge in [0.25, 0.3) is 5.56 Å². The summed E-state index contributed by atoms with van der Waals surface area (Å²) in [6, 6.07) is 11.0. The quantitative estimate of drug-likeness (QED) is 0.741. The number of H-pyrrole nitrogens is 1. The molecule has 0 saturated heterocycles. The van der Waals surface area contributed by atoms with Crippen molar-refractivity contribution in [2.75, 3.05) is 4.90 Å². The van der Waals surface area contributed by atoms with Crippen LogP contribution in [0.5, 0.6) is 0 Å². The second kappa shape index (κ2) is 5.95. The number of anilines is 1. The lowest BCUT2D eigenvalue weighted by Gasteiger charge is -2.17. The van der Waals surface area contributed by atoms with Gasteiger partial charge in [0.2, 0.25) is 0 Å². The van der Waals surface area contributed by atoms with Crippen LogP contribution in [-0.2, 0) is 17.3 Å². The van der Waals surface area contributed by atoms with E-state index in [4.69, 9.17) is 0 Å². The van der Waals surface area contributed by atoms with E-state index in [0.29, 0.717) is 11.0 Å². The number of aromatic nitrogens is 2. The van der Waals surface area contributed by atoms with Crippen LogP contribution in [0.15, 0.2) is 47.3 Å². The minimum absolute atomic E-state index is 0.0197. The van der Waals surface area contributed by atoms with Crippen molar-refractivity contribution < 1.29 is 18.7 Å². The number of rotatable bonds is 3. The van der Waals surface area contributed by atoms with E-state index in [9.17, 15) is 23.5 Å². The number of hydrogen-bond acceptors (Lipinski definition) is 4. The zero-order valence-corrected chi connectivity index (χ0v) is 14.2. The summed E-state index contributed by atoms with van der Waals surface area (Å²) in [4.78, 5) is 32.4. The van der Waals surface area contributed by atoms with Crippen molar-refractivity contribution in [2.45, 2.75) is 25.5 Å². The third kappa shape index (κ3) is 2.60. The number of amides is 1. The first-order valence-electron chi connectivity index (χ1n) is 8.30. The Bertz CT molecular complexity index is 1120. The van der Waals surface area contributed by atoms with Crippen molar-refractivity contribution in [1.82, 2.24) is 9.97 Å². The molecule has 8 heteroatoms. The zero-order chi connectivity index (χ0) is 19.3. The van der Waals surface area contributed by atoms with Crippen LogP contribution in [0.4, 0.5) is 14.5 Å². The number of aliphatic hydroxyl groups excluding tert-OH is 1. The van der Waals surface area contributed by atoms with E-state index in [1.165, 1.54) is 25.1 Å². The van der Waals surface area contributed by atoms with Gasteiger partial charge in [-0.15, -0.1) is 0 Å². The normalized spacial score (nSPS) is 16.6. The number of halogens is 2. The van der Waals surface area contributed by atoms with E-state index >= 15 is 0 Å². The fourth-order valence-corrected chi connectivity index (χ4v) is 3.34. The Morgan fingerprint density at radius 2 is 1.93 bits per heavy atom. The summed E-state index contributed by atoms with van der Waals surface area (Å²) >= 11 is 0. The highest BCUT2D eigenvalue weighted by atomic mass is 19.3. The molecule has 2 heterocycles. The monoisotopic (exact) mass is 371 g/mol. The minimum Gasteiger partial charge on any atom is -0.389 e. The Morgan fingerprint density at radius 1 is 1.19 bits per heavy atom. The molecule has 1 amide bonds. The molecular formula is C19H15F2N3O3. The molecule has 138 valence electrons. The fourth-order valence-electron chi connectivity index (χ4n) is 3.34. The van der Waals surface area contributed by atoms with E-state index in [-0.39, 0.29) is 16.9 Å². The van der Waals surface area contributed by atoms with Crippen molar-refractivity contribution in [1.29, 1.82) is 0 Å². The van der Waals surface area contributed by atoms with Crippen molar-refractivity contribution >= 4 is 22.6 Å². The third-order valence-electron chi connectivity index (χ3n) is 4.62. The SMILES string of the molecule is C[C@H](O)c1cccc2c1C(F)(F)C(=O)N2Cc1nc2ccccc2[nH]c1=O.